The van der Waals surface area contributed by atoms with Crippen LogP contribution in [-0.4, -0.2) is 99.0 Å². The number of alkyl halides is 3. The number of halogens is 3. The average Bonchev–Trinajstić information content (AvgIpc) is 3.10. The lowest BCUT2D eigenvalue weighted by molar-refractivity contribution is -0.260. The molecule has 6 atom stereocenters. The Labute approximate surface area is 316 Å². The van der Waals surface area contributed by atoms with Crippen LogP contribution in [0.15, 0.2) is 49.6 Å². The summed E-state index contributed by atoms with van der Waals surface area (Å²) in [6.45, 7) is 8.71. The summed E-state index contributed by atoms with van der Waals surface area (Å²) in [6.07, 6.45) is 2.92. The Kier molecular flexibility index (Phi) is 22.2. The summed E-state index contributed by atoms with van der Waals surface area (Å²) in [7, 11) is -1.31. The van der Waals surface area contributed by atoms with Gasteiger partial charge in [-0.1, -0.05) is 98.1 Å². The molecule has 1 aromatic rings. The van der Waals surface area contributed by atoms with Gasteiger partial charge in [-0.2, -0.15) is 0 Å². The number of alkyl carbamates (subject to hydrolysis) is 1. The Balaban J connectivity index is 2.35. The number of carbonyl (C=O) groups excluding carboxylic acids is 1. The number of phosphoric acid groups is 1. The van der Waals surface area contributed by atoms with E-state index in [0.29, 0.717) is 13.0 Å². The van der Waals surface area contributed by atoms with E-state index in [1.54, 1.807) is 7.11 Å². The predicted octanol–water partition coefficient (Wildman–Crippen LogP) is 7.44. The third kappa shape index (κ3) is 18.0. The highest BCUT2D eigenvalue weighted by Crippen LogP contribution is 2.52. The summed E-state index contributed by atoms with van der Waals surface area (Å²) >= 11 is 17.3. The lowest BCUT2D eigenvalue weighted by Gasteiger charge is -2.44. The summed E-state index contributed by atoms with van der Waals surface area (Å²) in [4.78, 5) is 12.8. The van der Waals surface area contributed by atoms with Crippen LogP contribution in [0.2, 0.25) is 0 Å². The first kappa shape index (κ1) is 45.7. The summed E-state index contributed by atoms with van der Waals surface area (Å²) in [5.41, 5.74) is 0.976. The van der Waals surface area contributed by atoms with E-state index in [4.69, 9.17) is 76.8 Å². The van der Waals surface area contributed by atoms with Crippen molar-refractivity contribution in [3.8, 4) is 5.75 Å². The van der Waals surface area contributed by atoms with Crippen LogP contribution in [0.4, 0.5) is 4.79 Å². The number of methoxy groups -OCH3 is 2. The normalized spacial score (nSPS) is 21.5. The third-order valence-electron chi connectivity index (χ3n) is 7.62. The fourth-order valence-electron chi connectivity index (χ4n) is 5.12. The van der Waals surface area contributed by atoms with Gasteiger partial charge in [0.1, 0.15) is 36.7 Å². The lowest BCUT2D eigenvalue weighted by Crippen LogP contribution is -2.65. The van der Waals surface area contributed by atoms with Gasteiger partial charge in [0.2, 0.25) is 3.79 Å². The molecule has 13 nitrogen and oxygen atoms in total. The van der Waals surface area contributed by atoms with Gasteiger partial charge in [-0.3, -0.25) is 13.6 Å². The Morgan fingerprint density at radius 2 is 1.71 bits per heavy atom. The van der Waals surface area contributed by atoms with E-state index in [1.165, 1.54) is 19.3 Å². The molecule has 1 heterocycles. The Morgan fingerprint density at radius 1 is 1.04 bits per heavy atom. The molecule has 0 bridgehead atoms. The molecular formula is C34H53Cl3NO12P. The quantitative estimate of drug-likeness (QED) is 0.0415. The van der Waals surface area contributed by atoms with Crippen molar-refractivity contribution in [3.05, 3.63) is 55.1 Å². The van der Waals surface area contributed by atoms with Gasteiger partial charge in [0.05, 0.1) is 39.6 Å². The highest BCUT2D eigenvalue weighted by Gasteiger charge is 2.51. The number of aliphatic hydroxyl groups is 1. The van der Waals surface area contributed by atoms with Crippen molar-refractivity contribution in [2.75, 3.05) is 47.3 Å². The number of rotatable bonds is 26. The van der Waals surface area contributed by atoms with E-state index in [-0.39, 0.29) is 32.5 Å². The highest BCUT2D eigenvalue weighted by atomic mass is 35.6. The predicted molar refractivity (Wildman–Crippen MR) is 195 cm³/mol. The lowest BCUT2D eigenvalue weighted by atomic mass is 9.96. The van der Waals surface area contributed by atoms with E-state index in [0.717, 1.165) is 49.8 Å². The van der Waals surface area contributed by atoms with Crippen LogP contribution in [0.5, 0.6) is 5.75 Å². The molecule has 1 amide bonds. The Bertz CT molecular complexity index is 1180. The molecule has 1 fully saturated rings. The average molecular weight is 805 g/mol. The van der Waals surface area contributed by atoms with E-state index in [1.807, 2.05) is 24.3 Å². The number of unbranched alkanes of at least 4 members (excludes halogenated alkanes) is 4. The van der Waals surface area contributed by atoms with Crippen LogP contribution >= 0.6 is 42.6 Å². The SMILES string of the molecule is C=CCOP(=O)(OCC=C)O[C@H]1[C@H](OCC[C@@H](CCCCCCC)OCc2ccc(OC)cc2)[C@@H](NC(=O)OCC(Cl)(Cl)Cl)C(O)O[C@@H]1COC. The number of phosphoric ester groups is 1. The number of carbonyl (C=O) groups is 1. The maximum atomic E-state index is 13.8. The van der Waals surface area contributed by atoms with Crippen molar-refractivity contribution in [1.82, 2.24) is 5.32 Å². The zero-order chi connectivity index (χ0) is 37.7. The smallest absolute Gasteiger partial charge is 0.475 e. The van der Waals surface area contributed by atoms with E-state index in [2.05, 4.69) is 25.4 Å². The maximum Gasteiger partial charge on any atom is 0.475 e. The summed E-state index contributed by atoms with van der Waals surface area (Å²) < 4.78 is 62.9. The first-order valence-corrected chi connectivity index (χ1v) is 19.5. The zero-order valence-corrected chi connectivity index (χ0v) is 32.7. The van der Waals surface area contributed by atoms with Crippen LogP contribution in [0.1, 0.15) is 57.4 Å². The molecular weight excluding hydrogens is 752 g/mol. The van der Waals surface area contributed by atoms with Gasteiger partial charge < -0.3 is 38.8 Å². The van der Waals surface area contributed by atoms with Gasteiger partial charge >= 0.3 is 13.9 Å². The molecule has 292 valence electrons. The molecule has 0 aromatic heterocycles. The zero-order valence-electron chi connectivity index (χ0n) is 29.6. The minimum Gasteiger partial charge on any atom is -0.497 e. The monoisotopic (exact) mass is 803 g/mol. The molecule has 1 aliphatic rings. The molecule has 1 unspecified atom stereocenters. The number of hydrogen-bond acceptors (Lipinski definition) is 12. The van der Waals surface area contributed by atoms with Gasteiger partial charge in [-0.15, -0.1) is 13.2 Å². The molecule has 17 heteroatoms. The molecule has 1 aliphatic heterocycles. The van der Waals surface area contributed by atoms with Crippen LogP contribution in [0, 0.1) is 0 Å². The van der Waals surface area contributed by atoms with Crippen molar-refractivity contribution < 1.29 is 56.5 Å². The highest BCUT2D eigenvalue weighted by molar-refractivity contribution is 7.48. The van der Waals surface area contributed by atoms with Gasteiger partial charge in [-0.25, -0.2) is 9.36 Å². The third-order valence-corrected chi connectivity index (χ3v) is 9.38. The van der Waals surface area contributed by atoms with Crippen molar-refractivity contribution >= 4 is 48.7 Å². The maximum absolute atomic E-state index is 13.8. The number of benzene rings is 1. The number of hydrogen-bond donors (Lipinski definition) is 2. The van der Waals surface area contributed by atoms with Crippen LogP contribution in [0.3, 0.4) is 0 Å². The first-order chi connectivity index (χ1) is 24.4. The topological polar surface area (TPSA) is 149 Å². The van der Waals surface area contributed by atoms with Crippen molar-refractivity contribution in [2.24, 2.45) is 0 Å². The van der Waals surface area contributed by atoms with E-state index in [9.17, 15) is 14.5 Å². The molecule has 0 spiro atoms. The molecule has 51 heavy (non-hydrogen) atoms. The fraction of sp³-hybridized carbons (Fsp3) is 0.676. The van der Waals surface area contributed by atoms with Gasteiger partial charge in [0.15, 0.2) is 6.29 Å². The second-order valence-electron chi connectivity index (χ2n) is 11.7. The number of amides is 1. The van der Waals surface area contributed by atoms with Crippen LogP contribution in [-0.2, 0) is 48.4 Å². The largest absolute Gasteiger partial charge is 0.497 e. The number of ether oxygens (including phenoxy) is 6. The standard InChI is InChI=1S/C34H53Cl3NO12P/c1-6-9-10-11-12-13-27(45-22-25-14-16-26(43-5)17-15-25)18-21-44-31-29(38-33(40)46-24-34(35,36)37)32(39)49-28(23-42-4)30(31)50-51(41,47-19-7-2)48-20-8-3/h7-8,14-17,27-32,39H,2-3,6,9-13,18-24H2,1,4-5H3,(H,38,40)/t27-,28-,29-,30-,31-,32?/m1/s1. The van der Waals surface area contributed by atoms with Crippen molar-refractivity contribution in [2.45, 2.75) is 99.0 Å². The molecule has 2 N–H and O–H groups in total. The molecule has 0 aliphatic carbocycles. The first-order valence-electron chi connectivity index (χ1n) is 16.9. The van der Waals surface area contributed by atoms with E-state index >= 15 is 0 Å². The Hall–Kier alpha value is -1.45. The van der Waals surface area contributed by atoms with Gasteiger partial charge in [-0.05, 0) is 30.5 Å². The van der Waals surface area contributed by atoms with Gasteiger partial charge in [0.25, 0.3) is 0 Å². The fourth-order valence-corrected chi connectivity index (χ4v) is 6.61. The number of aliphatic hydroxyl groups excluding tert-OH is 1. The summed E-state index contributed by atoms with van der Waals surface area (Å²) in [5, 5.41) is 13.6. The van der Waals surface area contributed by atoms with Crippen molar-refractivity contribution in [3.63, 3.8) is 0 Å². The Morgan fingerprint density at radius 3 is 2.29 bits per heavy atom. The molecule has 1 saturated heterocycles. The molecule has 1 aromatic carbocycles. The van der Waals surface area contributed by atoms with Crippen LogP contribution < -0.4 is 10.1 Å². The second-order valence-corrected chi connectivity index (χ2v) is 15.8. The molecule has 2 rings (SSSR count). The minimum absolute atomic E-state index is 0.0753. The second kappa shape index (κ2) is 24.8. The molecule has 0 saturated carbocycles. The molecule has 0 radical (unpaired) electrons. The van der Waals surface area contributed by atoms with E-state index < -0.39 is 55.0 Å². The number of nitrogens with one attached hydrogen (secondary N) is 1. The van der Waals surface area contributed by atoms with Gasteiger partial charge in [0, 0.05) is 13.7 Å². The summed E-state index contributed by atoms with van der Waals surface area (Å²) in [5.74, 6) is 0.746. The van der Waals surface area contributed by atoms with Crippen LogP contribution in [0.25, 0.3) is 0 Å². The van der Waals surface area contributed by atoms with Crippen molar-refractivity contribution in [1.29, 1.82) is 0 Å². The minimum atomic E-state index is -4.33. The summed E-state index contributed by atoms with van der Waals surface area (Å²) in [6, 6.07) is 6.29.